The molecule has 0 aromatic carbocycles. The van der Waals surface area contributed by atoms with E-state index in [0.717, 1.165) is 19.1 Å². The normalized spacial score (nSPS) is 31.2. The van der Waals surface area contributed by atoms with Crippen LogP contribution in [0.5, 0.6) is 0 Å². The molecule has 0 radical (unpaired) electrons. The summed E-state index contributed by atoms with van der Waals surface area (Å²) in [5.41, 5.74) is 1.27. The third-order valence-electron chi connectivity index (χ3n) is 2.67. The summed E-state index contributed by atoms with van der Waals surface area (Å²) in [5.74, 6) is 0.762. The maximum Gasteiger partial charge on any atom is 0.0459 e. The lowest BCUT2D eigenvalue weighted by atomic mass is 9.90. The van der Waals surface area contributed by atoms with Crippen molar-refractivity contribution >= 4 is 0 Å². The van der Waals surface area contributed by atoms with Crippen molar-refractivity contribution in [3.63, 3.8) is 0 Å². The second-order valence-electron chi connectivity index (χ2n) is 3.66. The maximum absolute atomic E-state index is 4.03. The third kappa shape index (κ3) is 2.32. The molecule has 0 spiro atoms. The van der Waals surface area contributed by atoms with Crippen molar-refractivity contribution in [3.8, 4) is 0 Å². The molecular weight excluding hydrogens is 148 g/mol. The van der Waals surface area contributed by atoms with Crippen molar-refractivity contribution in [1.29, 1.82) is 0 Å². The first-order valence-electron chi connectivity index (χ1n) is 4.85. The van der Waals surface area contributed by atoms with Crippen LogP contribution in [0.4, 0.5) is 0 Å². The molecule has 2 atom stereocenters. The van der Waals surface area contributed by atoms with Crippen molar-refractivity contribution in [1.82, 2.24) is 10.6 Å². The topological polar surface area (TPSA) is 24.1 Å². The van der Waals surface area contributed by atoms with Crippen LogP contribution in [-0.4, -0.2) is 19.3 Å². The summed E-state index contributed by atoms with van der Waals surface area (Å²) in [4.78, 5) is 0. The molecular formula is C10H20N2. The Morgan fingerprint density at radius 2 is 2.33 bits per heavy atom. The molecule has 2 nitrogen and oxygen atoms in total. The first-order valence-corrected chi connectivity index (χ1v) is 4.85. The third-order valence-corrected chi connectivity index (χ3v) is 2.67. The number of hydrogen-bond donors (Lipinski definition) is 2. The van der Waals surface area contributed by atoms with Crippen LogP contribution in [0.3, 0.4) is 0 Å². The highest BCUT2D eigenvalue weighted by Crippen LogP contribution is 2.19. The van der Waals surface area contributed by atoms with E-state index in [-0.39, 0.29) is 0 Å². The molecule has 0 saturated carbocycles. The molecule has 1 aliphatic rings. The largest absolute Gasteiger partial charge is 0.304 e. The molecule has 70 valence electrons. The second-order valence-corrected chi connectivity index (χ2v) is 3.66. The van der Waals surface area contributed by atoms with Crippen molar-refractivity contribution < 1.29 is 0 Å². The summed E-state index contributed by atoms with van der Waals surface area (Å²) >= 11 is 0. The van der Waals surface area contributed by atoms with Crippen molar-refractivity contribution in [2.24, 2.45) is 5.92 Å². The van der Waals surface area contributed by atoms with Gasteiger partial charge in [-0.1, -0.05) is 25.5 Å². The Bertz CT molecular complexity index is 154. The molecule has 2 N–H and O–H groups in total. The number of hydrogen-bond acceptors (Lipinski definition) is 2. The van der Waals surface area contributed by atoms with Gasteiger partial charge in [0.1, 0.15) is 0 Å². The average molecular weight is 168 g/mol. The molecule has 0 aliphatic carbocycles. The van der Waals surface area contributed by atoms with E-state index in [1.807, 2.05) is 0 Å². The van der Waals surface area contributed by atoms with Crippen molar-refractivity contribution in [2.75, 3.05) is 13.2 Å². The van der Waals surface area contributed by atoms with Gasteiger partial charge in [-0.3, -0.25) is 5.32 Å². The predicted octanol–water partition coefficient (Wildman–Crippen LogP) is 1.50. The van der Waals surface area contributed by atoms with Gasteiger partial charge in [-0.05, 0) is 25.8 Å². The summed E-state index contributed by atoms with van der Waals surface area (Å²) < 4.78 is 0. The van der Waals surface area contributed by atoms with Crippen LogP contribution in [0.25, 0.3) is 0 Å². The summed E-state index contributed by atoms with van der Waals surface area (Å²) in [6, 6.07) is 0.519. The molecule has 1 heterocycles. The molecule has 0 amide bonds. The highest BCUT2D eigenvalue weighted by molar-refractivity contribution is 5.04. The van der Waals surface area contributed by atoms with Crippen molar-refractivity contribution in [2.45, 2.75) is 32.7 Å². The minimum atomic E-state index is 0.519. The summed E-state index contributed by atoms with van der Waals surface area (Å²) in [7, 11) is 0. The Labute approximate surface area is 75.4 Å². The Balaban J connectivity index is 2.57. The van der Waals surface area contributed by atoms with E-state index in [4.69, 9.17) is 0 Å². The number of rotatable bonds is 2. The SMILES string of the molecule is C=C(C)[C@@H]1NCNCCC1CC. The fraction of sp³-hybridized carbons (Fsp3) is 0.800. The average Bonchev–Trinajstić information content (AvgIpc) is 2.27. The van der Waals surface area contributed by atoms with Gasteiger partial charge in [0.2, 0.25) is 0 Å². The lowest BCUT2D eigenvalue weighted by Crippen LogP contribution is -2.37. The zero-order valence-corrected chi connectivity index (χ0v) is 8.19. The number of nitrogens with one attached hydrogen (secondary N) is 2. The fourth-order valence-corrected chi connectivity index (χ4v) is 1.91. The smallest absolute Gasteiger partial charge is 0.0459 e. The van der Waals surface area contributed by atoms with Gasteiger partial charge in [0.25, 0.3) is 0 Å². The van der Waals surface area contributed by atoms with Gasteiger partial charge in [-0.25, -0.2) is 0 Å². The standard InChI is InChI=1S/C10H20N2/c1-4-9-5-6-11-7-12-10(9)8(2)3/h9-12H,2,4-7H2,1,3H3/t9?,10-/m0/s1. The molecule has 12 heavy (non-hydrogen) atoms. The van der Waals surface area contributed by atoms with E-state index in [2.05, 4.69) is 31.1 Å². The van der Waals surface area contributed by atoms with E-state index in [1.165, 1.54) is 18.4 Å². The van der Waals surface area contributed by atoms with Gasteiger partial charge in [-0.15, -0.1) is 0 Å². The van der Waals surface area contributed by atoms with Gasteiger partial charge < -0.3 is 5.32 Å². The van der Waals surface area contributed by atoms with Crippen LogP contribution in [0, 0.1) is 5.92 Å². The van der Waals surface area contributed by atoms with Crippen molar-refractivity contribution in [3.05, 3.63) is 12.2 Å². The minimum absolute atomic E-state index is 0.519. The van der Waals surface area contributed by atoms with E-state index < -0.39 is 0 Å². The van der Waals surface area contributed by atoms with Crippen LogP contribution in [-0.2, 0) is 0 Å². The lowest BCUT2D eigenvalue weighted by molar-refractivity contribution is 0.395. The van der Waals surface area contributed by atoms with Crippen LogP contribution < -0.4 is 10.6 Å². The van der Waals surface area contributed by atoms with Gasteiger partial charge >= 0.3 is 0 Å². The van der Waals surface area contributed by atoms with Crippen LogP contribution in [0.1, 0.15) is 26.7 Å². The zero-order valence-electron chi connectivity index (χ0n) is 8.19. The first-order chi connectivity index (χ1) is 5.75. The second kappa shape index (κ2) is 4.63. The Kier molecular flexibility index (Phi) is 3.76. The summed E-state index contributed by atoms with van der Waals surface area (Å²) in [6.07, 6.45) is 2.51. The molecule has 1 fully saturated rings. The van der Waals surface area contributed by atoms with Crippen LogP contribution >= 0.6 is 0 Å². The molecule has 1 saturated heterocycles. The molecule has 0 aromatic rings. The molecule has 1 rings (SSSR count). The lowest BCUT2D eigenvalue weighted by Gasteiger charge is -2.24. The molecule has 0 bridgehead atoms. The molecule has 1 unspecified atom stereocenters. The molecule has 2 heteroatoms. The predicted molar refractivity (Wildman–Crippen MR) is 53.0 cm³/mol. The van der Waals surface area contributed by atoms with Gasteiger partial charge in [0, 0.05) is 12.7 Å². The summed E-state index contributed by atoms with van der Waals surface area (Å²) in [5, 5.41) is 6.82. The van der Waals surface area contributed by atoms with Crippen LogP contribution in [0.15, 0.2) is 12.2 Å². The highest BCUT2D eigenvalue weighted by Gasteiger charge is 2.21. The van der Waals surface area contributed by atoms with Gasteiger partial charge in [0.05, 0.1) is 0 Å². The van der Waals surface area contributed by atoms with Gasteiger partial charge in [0.15, 0.2) is 0 Å². The summed E-state index contributed by atoms with van der Waals surface area (Å²) in [6.45, 7) is 10.5. The van der Waals surface area contributed by atoms with E-state index in [0.29, 0.717) is 6.04 Å². The maximum atomic E-state index is 4.03. The monoisotopic (exact) mass is 168 g/mol. The Morgan fingerprint density at radius 1 is 1.58 bits per heavy atom. The molecule has 0 aromatic heterocycles. The van der Waals surface area contributed by atoms with E-state index >= 15 is 0 Å². The van der Waals surface area contributed by atoms with E-state index in [9.17, 15) is 0 Å². The highest BCUT2D eigenvalue weighted by atomic mass is 15.1. The first kappa shape index (κ1) is 9.75. The minimum Gasteiger partial charge on any atom is -0.304 e. The van der Waals surface area contributed by atoms with Crippen LogP contribution in [0.2, 0.25) is 0 Å². The zero-order chi connectivity index (χ0) is 8.97. The Hall–Kier alpha value is -0.340. The van der Waals surface area contributed by atoms with Gasteiger partial charge in [-0.2, -0.15) is 0 Å². The van der Waals surface area contributed by atoms with E-state index in [1.54, 1.807) is 0 Å². The fourth-order valence-electron chi connectivity index (χ4n) is 1.91. The molecule has 1 aliphatic heterocycles. The Morgan fingerprint density at radius 3 is 2.92 bits per heavy atom. The quantitative estimate of drug-likeness (QED) is 0.611.